The Morgan fingerprint density at radius 3 is 1.12 bits per heavy atom. The zero-order valence-corrected chi connectivity index (χ0v) is 6.30. The Labute approximate surface area is 50.9 Å². The second kappa shape index (κ2) is 4.71. The van der Waals surface area contributed by atoms with E-state index in [4.69, 9.17) is 4.91 Å². The molecule has 3 heteroatoms. The van der Waals surface area contributed by atoms with E-state index >= 15 is 0 Å². The van der Waals surface area contributed by atoms with E-state index in [2.05, 4.69) is 33.4 Å². The van der Waals surface area contributed by atoms with Gasteiger partial charge in [0.2, 0.25) is 0 Å². The Bertz CT molecular complexity index is 49.9. The molecule has 0 saturated heterocycles. The largest absolute Gasteiger partial charge is 0.333 e. The SMILES string of the molecule is CN=O.C[N+](C)(C)C. The van der Waals surface area contributed by atoms with Gasteiger partial charge in [-0.1, -0.05) is 5.18 Å². The number of hydrogen-bond donors (Lipinski definition) is 0. The van der Waals surface area contributed by atoms with Crippen LogP contribution in [0.5, 0.6) is 0 Å². The Morgan fingerprint density at radius 2 is 1.12 bits per heavy atom. The zero-order valence-electron chi connectivity index (χ0n) is 6.30. The van der Waals surface area contributed by atoms with E-state index in [1.165, 1.54) is 7.05 Å². The first-order valence-electron chi connectivity index (χ1n) is 2.42. The molecule has 0 aliphatic carbocycles. The van der Waals surface area contributed by atoms with Gasteiger partial charge in [0.15, 0.2) is 0 Å². The van der Waals surface area contributed by atoms with Crippen molar-refractivity contribution in [1.29, 1.82) is 0 Å². The van der Waals surface area contributed by atoms with E-state index in [-0.39, 0.29) is 0 Å². The van der Waals surface area contributed by atoms with Crippen molar-refractivity contribution in [1.82, 2.24) is 0 Å². The molecule has 0 atom stereocenters. The maximum Gasteiger partial charge on any atom is 0.0700 e. The van der Waals surface area contributed by atoms with E-state index in [0.29, 0.717) is 0 Å². The second-order valence-corrected chi connectivity index (χ2v) is 2.87. The molecule has 0 aromatic carbocycles. The highest BCUT2D eigenvalue weighted by atomic mass is 16.2. The molecule has 0 aliphatic rings. The normalized spacial score (nSPS) is 9.12. The molecule has 0 heterocycles. The van der Waals surface area contributed by atoms with Gasteiger partial charge in [-0.3, -0.25) is 0 Å². The third-order valence-corrected chi connectivity index (χ3v) is 0. The van der Waals surface area contributed by atoms with Gasteiger partial charge in [0.05, 0.1) is 35.2 Å². The molecule has 0 bridgehead atoms. The van der Waals surface area contributed by atoms with Gasteiger partial charge >= 0.3 is 0 Å². The number of nitrogens with zero attached hydrogens (tertiary/aromatic N) is 2. The topological polar surface area (TPSA) is 29.4 Å². The first-order chi connectivity index (χ1) is 3.41. The minimum atomic E-state index is 1.00. The summed E-state index contributed by atoms with van der Waals surface area (Å²) in [5, 5.41) is 2.25. The van der Waals surface area contributed by atoms with Crippen molar-refractivity contribution in [2.75, 3.05) is 35.2 Å². The number of hydrogen-bond acceptors (Lipinski definition) is 2. The van der Waals surface area contributed by atoms with Crippen LogP contribution < -0.4 is 0 Å². The van der Waals surface area contributed by atoms with E-state index in [1.807, 2.05) is 0 Å². The average molecular weight is 119 g/mol. The predicted octanol–water partition coefficient (Wildman–Crippen LogP) is 0.705. The standard InChI is InChI=1S/C4H12N.CH3NO/c1-5(2,3)4;1-2-3/h1-4H3;1H3/q+1;. The molecule has 3 nitrogen and oxygen atoms in total. The Morgan fingerprint density at radius 1 is 1.12 bits per heavy atom. The smallest absolute Gasteiger partial charge is 0.0700 e. The number of rotatable bonds is 0. The van der Waals surface area contributed by atoms with Crippen molar-refractivity contribution in [3.8, 4) is 0 Å². The highest BCUT2D eigenvalue weighted by Crippen LogP contribution is 1.73. The van der Waals surface area contributed by atoms with Gasteiger partial charge in [-0.15, -0.1) is 0 Å². The van der Waals surface area contributed by atoms with Gasteiger partial charge < -0.3 is 4.48 Å². The molecular formula is C5H15N2O+. The molecule has 0 rings (SSSR count). The molecule has 50 valence electrons. The molecule has 8 heavy (non-hydrogen) atoms. The van der Waals surface area contributed by atoms with Crippen LogP contribution in [0.2, 0.25) is 0 Å². The molecule has 0 radical (unpaired) electrons. The summed E-state index contributed by atoms with van der Waals surface area (Å²) in [5.74, 6) is 0. The van der Waals surface area contributed by atoms with E-state index in [9.17, 15) is 0 Å². The molecule has 0 spiro atoms. The molecule has 0 N–H and O–H groups in total. The van der Waals surface area contributed by atoms with Crippen LogP contribution in [0.1, 0.15) is 0 Å². The van der Waals surface area contributed by atoms with Crippen LogP contribution in [-0.2, 0) is 0 Å². The van der Waals surface area contributed by atoms with Gasteiger partial charge in [0, 0.05) is 0 Å². The van der Waals surface area contributed by atoms with Crippen LogP contribution >= 0.6 is 0 Å². The fourth-order valence-electron chi connectivity index (χ4n) is 0. The highest BCUT2D eigenvalue weighted by molar-refractivity contribution is 4.01. The minimum absolute atomic E-state index is 1.00. The summed E-state index contributed by atoms with van der Waals surface area (Å²) >= 11 is 0. The van der Waals surface area contributed by atoms with E-state index < -0.39 is 0 Å². The van der Waals surface area contributed by atoms with Crippen molar-refractivity contribution in [3.63, 3.8) is 0 Å². The van der Waals surface area contributed by atoms with Crippen molar-refractivity contribution in [2.24, 2.45) is 5.18 Å². The van der Waals surface area contributed by atoms with Crippen LogP contribution in [0, 0.1) is 4.91 Å². The summed E-state index contributed by atoms with van der Waals surface area (Å²) in [5.41, 5.74) is 0. The third-order valence-electron chi connectivity index (χ3n) is 0. The van der Waals surface area contributed by atoms with Gasteiger partial charge in [-0.25, -0.2) is 0 Å². The fraction of sp³-hybridized carbons (Fsp3) is 1.00. The van der Waals surface area contributed by atoms with Crippen LogP contribution in [0.4, 0.5) is 0 Å². The summed E-state index contributed by atoms with van der Waals surface area (Å²) in [6, 6.07) is 0. The highest BCUT2D eigenvalue weighted by Gasteiger charge is 1.88. The Hall–Kier alpha value is -0.440. The first-order valence-corrected chi connectivity index (χ1v) is 2.42. The minimum Gasteiger partial charge on any atom is -0.333 e. The zero-order chi connectivity index (χ0) is 7.21. The van der Waals surface area contributed by atoms with Crippen LogP contribution in [0.3, 0.4) is 0 Å². The quantitative estimate of drug-likeness (QED) is 0.341. The average Bonchev–Trinajstić information content (AvgIpc) is 1.27. The monoisotopic (exact) mass is 119 g/mol. The van der Waals surface area contributed by atoms with Crippen molar-refractivity contribution >= 4 is 0 Å². The van der Waals surface area contributed by atoms with Crippen molar-refractivity contribution in [3.05, 3.63) is 4.91 Å². The number of nitroso groups, excluding NO2 is 1. The maximum absolute atomic E-state index is 8.56. The lowest BCUT2D eigenvalue weighted by molar-refractivity contribution is -0.849. The van der Waals surface area contributed by atoms with Crippen LogP contribution in [0.15, 0.2) is 5.18 Å². The molecule has 0 aromatic rings. The lowest BCUT2D eigenvalue weighted by Crippen LogP contribution is -2.27. The summed E-state index contributed by atoms with van der Waals surface area (Å²) in [7, 11) is 9.69. The van der Waals surface area contributed by atoms with Crippen LogP contribution in [0.25, 0.3) is 0 Å². The van der Waals surface area contributed by atoms with E-state index in [0.717, 1.165) is 4.48 Å². The van der Waals surface area contributed by atoms with Crippen molar-refractivity contribution < 1.29 is 4.48 Å². The number of quaternary nitrogens is 1. The van der Waals surface area contributed by atoms with Gasteiger partial charge in [-0.05, 0) is 0 Å². The molecule has 0 saturated carbocycles. The Balaban J connectivity index is 0. The molecule has 0 aromatic heterocycles. The first kappa shape index (κ1) is 10.5. The molecule has 0 unspecified atom stereocenters. The molecule has 0 aliphatic heterocycles. The summed E-state index contributed by atoms with van der Waals surface area (Å²) < 4.78 is 1.00. The van der Waals surface area contributed by atoms with Crippen molar-refractivity contribution in [2.45, 2.75) is 0 Å². The molecule has 0 fully saturated rings. The Kier molecular flexibility index (Phi) is 6.20. The lowest BCUT2D eigenvalue weighted by Gasteiger charge is -2.14. The second-order valence-electron chi connectivity index (χ2n) is 2.87. The maximum atomic E-state index is 8.56. The summed E-state index contributed by atoms with van der Waals surface area (Å²) in [6.45, 7) is 0. The van der Waals surface area contributed by atoms with Gasteiger partial charge in [0.1, 0.15) is 0 Å². The third kappa shape index (κ3) is 597. The predicted molar refractivity (Wildman–Crippen MR) is 35.7 cm³/mol. The summed E-state index contributed by atoms with van der Waals surface area (Å²) in [4.78, 5) is 8.56. The van der Waals surface area contributed by atoms with Crippen LogP contribution in [-0.4, -0.2) is 39.7 Å². The van der Waals surface area contributed by atoms with Gasteiger partial charge in [-0.2, -0.15) is 4.91 Å². The molecular weight excluding hydrogens is 104 g/mol. The summed E-state index contributed by atoms with van der Waals surface area (Å²) in [6.07, 6.45) is 0. The fourth-order valence-corrected chi connectivity index (χ4v) is 0. The lowest BCUT2D eigenvalue weighted by atomic mass is 10.8. The van der Waals surface area contributed by atoms with Gasteiger partial charge in [0.25, 0.3) is 0 Å². The van der Waals surface area contributed by atoms with E-state index in [1.54, 1.807) is 0 Å². The molecule has 0 amide bonds.